The summed E-state index contributed by atoms with van der Waals surface area (Å²) in [7, 11) is 0. The molecule has 0 saturated carbocycles. The van der Waals surface area contributed by atoms with Gasteiger partial charge in [-0.15, -0.1) is 0 Å². The van der Waals surface area contributed by atoms with E-state index in [4.69, 9.17) is 5.73 Å². The monoisotopic (exact) mass is 194 g/mol. The topological polar surface area (TPSA) is 72.2 Å². The highest BCUT2D eigenvalue weighted by atomic mass is 16.1. The second-order valence-corrected chi connectivity index (χ2v) is 3.17. The van der Waals surface area contributed by atoms with Gasteiger partial charge in [-0.1, -0.05) is 13.3 Å². The van der Waals surface area contributed by atoms with Gasteiger partial charge in [-0.25, -0.2) is 0 Å². The number of nitrogens with one attached hydrogen (secondary N) is 1. The van der Waals surface area contributed by atoms with Crippen molar-refractivity contribution < 1.29 is 9.59 Å². The number of hydrogen-bond acceptors (Lipinski definition) is 4. The van der Waals surface area contributed by atoms with Crippen molar-refractivity contribution in [1.82, 2.24) is 5.32 Å². The van der Waals surface area contributed by atoms with Crippen molar-refractivity contribution in [2.24, 2.45) is 5.73 Å². The fourth-order valence-corrected chi connectivity index (χ4v) is 1.11. The summed E-state index contributed by atoms with van der Waals surface area (Å²) in [6, 6.07) is 0. The standard InChI is InChI=1S/C10H14N2O2/c1-2-3-4-12-8-6-9(13)7(11)5-10(8)14/h5-6,12H,2-4,11H2,1H3. The van der Waals surface area contributed by atoms with Gasteiger partial charge in [0.1, 0.15) is 0 Å². The van der Waals surface area contributed by atoms with E-state index in [2.05, 4.69) is 12.2 Å². The molecular weight excluding hydrogens is 180 g/mol. The quantitative estimate of drug-likeness (QED) is 0.497. The molecule has 0 radical (unpaired) electrons. The molecule has 76 valence electrons. The zero-order valence-corrected chi connectivity index (χ0v) is 8.17. The van der Waals surface area contributed by atoms with E-state index in [-0.39, 0.29) is 17.3 Å². The highest BCUT2D eigenvalue weighted by Gasteiger charge is 2.17. The van der Waals surface area contributed by atoms with E-state index in [0.29, 0.717) is 12.2 Å². The van der Waals surface area contributed by atoms with Crippen LogP contribution in [-0.2, 0) is 9.59 Å². The van der Waals surface area contributed by atoms with Crippen LogP contribution < -0.4 is 11.1 Å². The Morgan fingerprint density at radius 1 is 1.29 bits per heavy atom. The lowest BCUT2D eigenvalue weighted by molar-refractivity contribution is -0.115. The fraction of sp³-hybridized carbons (Fsp3) is 0.400. The molecule has 0 bridgehead atoms. The lowest BCUT2D eigenvalue weighted by Gasteiger charge is -2.11. The molecule has 14 heavy (non-hydrogen) atoms. The van der Waals surface area contributed by atoms with Crippen molar-refractivity contribution in [1.29, 1.82) is 0 Å². The van der Waals surface area contributed by atoms with Crippen LogP contribution in [0, 0.1) is 0 Å². The van der Waals surface area contributed by atoms with Gasteiger partial charge >= 0.3 is 0 Å². The lowest BCUT2D eigenvalue weighted by Crippen LogP contribution is -2.27. The molecule has 3 N–H and O–H groups in total. The molecule has 0 aromatic rings. The molecule has 0 fully saturated rings. The first-order valence-corrected chi connectivity index (χ1v) is 4.66. The molecule has 1 aliphatic rings. The Kier molecular flexibility index (Phi) is 3.45. The number of carbonyl (C=O) groups excluding carboxylic acids is 2. The van der Waals surface area contributed by atoms with Crippen LogP contribution in [0.3, 0.4) is 0 Å². The number of nitrogens with two attached hydrogens (primary N) is 1. The van der Waals surface area contributed by atoms with Crippen LogP contribution in [0.2, 0.25) is 0 Å². The molecule has 4 heteroatoms. The third-order valence-corrected chi connectivity index (χ3v) is 1.96. The second kappa shape index (κ2) is 4.60. The van der Waals surface area contributed by atoms with Crippen molar-refractivity contribution in [2.75, 3.05) is 6.54 Å². The predicted molar refractivity (Wildman–Crippen MR) is 53.3 cm³/mol. The van der Waals surface area contributed by atoms with Crippen molar-refractivity contribution in [3.8, 4) is 0 Å². The number of rotatable bonds is 4. The molecule has 4 nitrogen and oxygen atoms in total. The van der Waals surface area contributed by atoms with Gasteiger partial charge in [-0.3, -0.25) is 9.59 Å². The molecule has 0 aromatic heterocycles. The number of allylic oxidation sites excluding steroid dienone is 2. The van der Waals surface area contributed by atoms with E-state index in [1.807, 2.05) is 0 Å². The maximum atomic E-state index is 11.3. The van der Waals surface area contributed by atoms with E-state index in [0.717, 1.165) is 18.9 Å². The average Bonchev–Trinajstić information content (AvgIpc) is 2.14. The predicted octanol–water partition coefficient (Wildman–Crippen LogP) is 0.254. The van der Waals surface area contributed by atoms with Gasteiger partial charge in [0.15, 0.2) is 0 Å². The van der Waals surface area contributed by atoms with Gasteiger partial charge in [0.2, 0.25) is 11.6 Å². The van der Waals surface area contributed by atoms with E-state index in [1.165, 1.54) is 6.08 Å². The molecule has 1 aliphatic carbocycles. The number of unbranched alkanes of at least 4 members (excludes halogenated alkanes) is 1. The minimum Gasteiger partial charge on any atom is -0.395 e. The van der Waals surface area contributed by atoms with Crippen LogP contribution in [0.1, 0.15) is 19.8 Å². The largest absolute Gasteiger partial charge is 0.395 e. The third kappa shape index (κ3) is 2.45. The van der Waals surface area contributed by atoms with Gasteiger partial charge in [-0.05, 0) is 6.42 Å². The Morgan fingerprint density at radius 2 is 2.00 bits per heavy atom. The van der Waals surface area contributed by atoms with Crippen LogP contribution >= 0.6 is 0 Å². The summed E-state index contributed by atoms with van der Waals surface area (Å²) in [5.74, 6) is -0.526. The Morgan fingerprint density at radius 3 is 2.64 bits per heavy atom. The molecule has 1 rings (SSSR count). The minimum absolute atomic E-state index is 0.0102. The summed E-state index contributed by atoms with van der Waals surface area (Å²) in [5.41, 5.74) is 5.66. The van der Waals surface area contributed by atoms with Crippen molar-refractivity contribution in [3.05, 3.63) is 23.5 Å². The van der Waals surface area contributed by atoms with Gasteiger partial charge in [0.25, 0.3) is 0 Å². The fourth-order valence-electron chi connectivity index (χ4n) is 1.11. The van der Waals surface area contributed by atoms with Crippen molar-refractivity contribution >= 4 is 11.6 Å². The molecule has 0 amide bonds. The first kappa shape index (κ1) is 10.5. The summed E-state index contributed by atoms with van der Waals surface area (Å²) in [4.78, 5) is 22.4. The highest BCUT2D eigenvalue weighted by Crippen LogP contribution is 2.05. The molecule has 0 spiro atoms. The Bertz CT molecular complexity index is 316. The summed E-state index contributed by atoms with van der Waals surface area (Å²) < 4.78 is 0. The van der Waals surface area contributed by atoms with Gasteiger partial charge in [0.05, 0.1) is 11.4 Å². The average molecular weight is 194 g/mol. The molecule has 0 aliphatic heterocycles. The van der Waals surface area contributed by atoms with Crippen LogP contribution in [-0.4, -0.2) is 18.1 Å². The molecule has 0 unspecified atom stereocenters. The van der Waals surface area contributed by atoms with E-state index < -0.39 is 0 Å². The first-order chi connectivity index (χ1) is 6.65. The van der Waals surface area contributed by atoms with Gasteiger partial charge in [-0.2, -0.15) is 0 Å². The molecule has 0 saturated heterocycles. The Balaban J connectivity index is 2.58. The van der Waals surface area contributed by atoms with E-state index >= 15 is 0 Å². The lowest BCUT2D eigenvalue weighted by atomic mass is 10.1. The summed E-state index contributed by atoms with van der Waals surface area (Å²) in [5, 5.41) is 2.91. The summed E-state index contributed by atoms with van der Waals surface area (Å²) in [6.07, 6.45) is 4.43. The van der Waals surface area contributed by atoms with Crippen molar-refractivity contribution in [2.45, 2.75) is 19.8 Å². The molecule has 0 atom stereocenters. The van der Waals surface area contributed by atoms with Gasteiger partial charge in [0, 0.05) is 18.7 Å². The summed E-state index contributed by atoms with van der Waals surface area (Å²) >= 11 is 0. The molecule has 0 heterocycles. The molecular formula is C10H14N2O2. The normalized spacial score (nSPS) is 16.4. The number of hydrogen-bond donors (Lipinski definition) is 2. The zero-order chi connectivity index (χ0) is 10.6. The second-order valence-electron chi connectivity index (χ2n) is 3.17. The van der Waals surface area contributed by atoms with E-state index in [9.17, 15) is 9.59 Å². The van der Waals surface area contributed by atoms with Crippen LogP contribution in [0.25, 0.3) is 0 Å². The Labute approximate surface area is 82.9 Å². The Hall–Kier alpha value is -1.58. The van der Waals surface area contributed by atoms with Crippen LogP contribution in [0.15, 0.2) is 23.5 Å². The third-order valence-electron chi connectivity index (χ3n) is 1.96. The van der Waals surface area contributed by atoms with Crippen LogP contribution in [0.5, 0.6) is 0 Å². The maximum absolute atomic E-state index is 11.3. The summed E-state index contributed by atoms with van der Waals surface area (Å²) in [6.45, 7) is 2.76. The maximum Gasteiger partial charge on any atom is 0.203 e. The smallest absolute Gasteiger partial charge is 0.203 e. The molecule has 0 aromatic carbocycles. The minimum atomic E-state index is -0.302. The van der Waals surface area contributed by atoms with Gasteiger partial charge < -0.3 is 11.1 Å². The van der Waals surface area contributed by atoms with E-state index in [1.54, 1.807) is 0 Å². The highest BCUT2D eigenvalue weighted by molar-refractivity contribution is 6.19. The first-order valence-electron chi connectivity index (χ1n) is 4.66. The SMILES string of the molecule is CCCCNC1=CC(=O)C(N)=CC1=O. The zero-order valence-electron chi connectivity index (χ0n) is 8.17. The number of ketones is 2. The number of carbonyl (C=O) groups is 2. The van der Waals surface area contributed by atoms with Crippen molar-refractivity contribution in [3.63, 3.8) is 0 Å². The van der Waals surface area contributed by atoms with Crippen LogP contribution in [0.4, 0.5) is 0 Å².